The second-order valence-electron chi connectivity index (χ2n) is 1.91. The van der Waals surface area contributed by atoms with Gasteiger partial charge in [-0.05, 0) is 6.42 Å². The molecule has 0 fully saturated rings. The molecular formula is C9H14. The highest BCUT2D eigenvalue weighted by atomic mass is 13.8. The Morgan fingerprint density at radius 1 is 1.22 bits per heavy atom. The number of rotatable bonds is 3. The second kappa shape index (κ2) is 7.43. The van der Waals surface area contributed by atoms with E-state index in [0.29, 0.717) is 0 Å². The molecule has 0 radical (unpaired) electrons. The van der Waals surface area contributed by atoms with Crippen LogP contribution in [0.5, 0.6) is 0 Å². The molecule has 0 N–H and O–H groups in total. The van der Waals surface area contributed by atoms with Crippen LogP contribution < -0.4 is 0 Å². The van der Waals surface area contributed by atoms with Gasteiger partial charge in [0.15, 0.2) is 0 Å². The van der Waals surface area contributed by atoms with Crippen LogP contribution in [-0.2, 0) is 0 Å². The van der Waals surface area contributed by atoms with Crippen molar-refractivity contribution in [2.75, 3.05) is 0 Å². The number of hydrogen-bond donors (Lipinski definition) is 0. The molecule has 0 unspecified atom stereocenters. The molecule has 0 amide bonds. The molecule has 9 heavy (non-hydrogen) atoms. The van der Waals surface area contributed by atoms with E-state index in [9.17, 15) is 0 Å². The first kappa shape index (κ1) is 8.43. The van der Waals surface area contributed by atoms with E-state index in [2.05, 4.69) is 25.7 Å². The Labute approximate surface area is 58.7 Å². The maximum absolute atomic E-state index is 3.74. The minimum atomic E-state index is 0.740. The van der Waals surface area contributed by atoms with E-state index in [1.165, 1.54) is 12.8 Å². The molecule has 50 valence electrons. The fraction of sp³-hybridized carbons (Fsp3) is 0.556. The molecule has 0 saturated carbocycles. The summed E-state index contributed by atoms with van der Waals surface area (Å²) in [5, 5.41) is 0. The minimum Gasteiger partial charge on any atom is -0.343 e. The zero-order valence-corrected chi connectivity index (χ0v) is 5.95. The molecule has 0 saturated heterocycles. The molecule has 0 spiro atoms. The zero-order valence-electron chi connectivity index (χ0n) is 5.95. The Hall–Kier alpha value is -0.570. The fourth-order valence-corrected chi connectivity index (χ4v) is 0.567. The van der Waals surface area contributed by atoms with Crippen molar-refractivity contribution >= 4 is 0 Å². The Kier molecular flexibility index (Phi) is 6.96. The number of unbranched alkanes of at least 4 members (excludes halogenated alkanes) is 3. The molecule has 0 aliphatic heterocycles. The average Bonchev–Trinajstić information content (AvgIpc) is 1.89. The Morgan fingerprint density at radius 3 is 2.56 bits per heavy atom. The third kappa shape index (κ3) is 7.43. The van der Waals surface area contributed by atoms with Gasteiger partial charge in [0.25, 0.3) is 0 Å². The van der Waals surface area contributed by atoms with E-state index in [1.807, 2.05) is 0 Å². The van der Waals surface area contributed by atoms with E-state index in [-0.39, 0.29) is 0 Å². The minimum absolute atomic E-state index is 0.740. The summed E-state index contributed by atoms with van der Waals surface area (Å²) >= 11 is 0. The molecule has 0 heterocycles. The molecule has 0 aromatic heterocycles. The first-order valence-corrected chi connectivity index (χ1v) is 3.46. The SMILES string of the molecule is [CH2+]CC#CCCCC[CH2-]. The van der Waals surface area contributed by atoms with Crippen molar-refractivity contribution in [1.82, 2.24) is 0 Å². The summed E-state index contributed by atoms with van der Waals surface area (Å²) in [6.07, 6.45) is 5.18. The van der Waals surface area contributed by atoms with Crippen LogP contribution in [-0.4, -0.2) is 0 Å². The van der Waals surface area contributed by atoms with Gasteiger partial charge in [-0.1, -0.05) is 18.3 Å². The van der Waals surface area contributed by atoms with Gasteiger partial charge in [-0.15, -0.1) is 0 Å². The van der Waals surface area contributed by atoms with Crippen LogP contribution in [0.25, 0.3) is 0 Å². The Bertz CT molecular complexity index is 92.3. The highest BCUT2D eigenvalue weighted by molar-refractivity contribution is 4.98. The molecule has 0 atom stereocenters. The van der Waals surface area contributed by atoms with Crippen LogP contribution in [0.2, 0.25) is 0 Å². The molecule has 0 aliphatic carbocycles. The van der Waals surface area contributed by atoms with Gasteiger partial charge in [0.2, 0.25) is 0 Å². The molecule has 0 aromatic carbocycles. The molecule has 0 aromatic rings. The zero-order chi connectivity index (χ0) is 6.95. The summed E-state index contributed by atoms with van der Waals surface area (Å²) in [5.41, 5.74) is 0. The summed E-state index contributed by atoms with van der Waals surface area (Å²) < 4.78 is 0. The van der Waals surface area contributed by atoms with Gasteiger partial charge in [-0.25, -0.2) is 0 Å². The van der Waals surface area contributed by atoms with Crippen molar-refractivity contribution in [3.8, 4) is 11.8 Å². The van der Waals surface area contributed by atoms with Crippen LogP contribution in [0.1, 0.15) is 32.1 Å². The third-order valence-corrected chi connectivity index (χ3v) is 1.05. The number of hydrogen-bond acceptors (Lipinski definition) is 0. The van der Waals surface area contributed by atoms with Gasteiger partial charge in [0.1, 0.15) is 6.42 Å². The van der Waals surface area contributed by atoms with Gasteiger partial charge in [0.05, 0.1) is 6.92 Å². The molecular weight excluding hydrogens is 108 g/mol. The summed E-state index contributed by atoms with van der Waals surface area (Å²) in [4.78, 5) is 0. The predicted molar refractivity (Wildman–Crippen MR) is 41.6 cm³/mol. The summed E-state index contributed by atoms with van der Waals surface area (Å²) in [6, 6.07) is 0. The highest BCUT2D eigenvalue weighted by Crippen LogP contribution is 1.96. The van der Waals surface area contributed by atoms with Gasteiger partial charge in [-0.3, -0.25) is 0 Å². The molecule has 0 rings (SSSR count). The Morgan fingerprint density at radius 2 is 2.00 bits per heavy atom. The molecule has 0 aliphatic rings. The van der Waals surface area contributed by atoms with Crippen LogP contribution >= 0.6 is 0 Å². The Balaban J connectivity index is 2.90. The third-order valence-electron chi connectivity index (χ3n) is 1.05. The summed E-state index contributed by atoms with van der Waals surface area (Å²) in [5.74, 6) is 5.96. The smallest absolute Gasteiger partial charge is 0.145 e. The first-order valence-electron chi connectivity index (χ1n) is 3.46. The predicted octanol–water partition coefficient (Wildman–Crippen LogP) is 2.61. The molecule has 0 nitrogen and oxygen atoms in total. The maximum Gasteiger partial charge on any atom is 0.145 e. The first-order chi connectivity index (χ1) is 4.41. The maximum atomic E-state index is 3.74. The van der Waals surface area contributed by atoms with E-state index in [1.54, 1.807) is 0 Å². The monoisotopic (exact) mass is 122 g/mol. The topological polar surface area (TPSA) is 0 Å². The van der Waals surface area contributed by atoms with Gasteiger partial charge >= 0.3 is 0 Å². The van der Waals surface area contributed by atoms with E-state index in [4.69, 9.17) is 0 Å². The van der Waals surface area contributed by atoms with Crippen molar-refractivity contribution in [2.45, 2.75) is 32.1 Å². The van der Waals surface area contributed by atoms with Crippen molar-refractivity contribution in [3.05, 3.63) is 13.8 Å². The lowest BCUT2D eigenvalue weighted by atomic mass is 10.2. The lowest BCUT2D eigenvalue weighted by molar-refractivity contribution is 0.770. The summed E-state index contributed by atoms with van der Waals surface area (Å²) in [6.45, 7) is 7.36. The van der Waals surface area contributed by atoms with Crippen molar-refractivity contribution in [3.63, 3.8) is 0 Å². The van der Waals surface area contributed by atoms with Crippen molar-refractivity contribution in [1.29, 1.82) is 0 Å². The largest absolute Gasteiger partial charge is 0.343 e. The van der Waals surface area contributed by atoms with Crippen LogP contribution in [0.15, 0.2) is 0 Å². The lowest BCUT2D eigenvalue weighted by Crippen LogP contribution is -1.70. The van der Waals surface area contributed by atoms with E-state index in [0.717, 1.165) is 19.3 Å². The van der Waals surface area contributed by atoms with Gasteiger partial charge < -0.3 is 6.92 Å². The summed E-state index contributed by atoms with van der Waals surface area (Å²) in [7, 11) is 0. The van der Waals surface area contributed by atoms with Crippen LogP contribution in [0.3, 0.4) is 0 Å². The van der Waals surface area contributed by atoms with Gasteiger partial charge in [0, 0.05) is 6.42 Å². The van der Waals surface area contributed by atoms with Crippen LogP contribution in [0.4, 0.5) is 0 Å². The normalized spacial score (nSPS) is 8.11. The van der Waals surface area contributed by atoms with Gasteiger partial charge in [-0.2, -0.15) is 6.42 Å². The lowest BCUT2D eigenvalue weighted by Gasteiger charge is -1.91. The average molecular weight is 122 g/mol. The molecule has 0 heteroatoms. The van der Waals surface area contributed by atoms with Crippen LogP contribution in [0, 0.1) is 25.7 Å². The standard InChI is InChI=1S/C9H14/c1-3-5-7-9-8-6-4-2/h1-5,7,9H2. The quantitative estimate of drug-likeness (QED) is 0.306. The highest BCUT2D eigenvalue weighted by Gasteiger charge is 1.76. The second-order valence-corrected chi connectivity index (χ2v) is 1.91. The van der Waals surface area contributed by atoms with Crippen molar-refractivity contribution < 1.29 is 0 Å². The van der Waals surface area contributed by atoms with E-state index < -0.39 is 0 Å². The van der Waals surface area contributed by atoms with Crippen molar-refractivity contribution in [2.24, 2.45) is 0 Å². The van der Waals surface area contributed by atoms with E-state index >= 15 is 0 Å². The molecule has 0 bridgehead atoms. The fourth-order valence-electron chi connectivity index (χ4n) is 0.567.